The third kappa shape index (κ3) is 5.49. The van der Waals surface area contributed by atoms with E-state index in [4.69, 9.17) is 14.2 Å². The van der Waals surface area contributed by atoms with Crippen molar-refractivity contribution in [2.45, 2.75) is 39.7 Å². The second-order valence-corrected chi connectivity index (χ2v) is 6.61. The molecule has 0 heterocycles. The Balaban J connectivity index is 2.01. The van der Waals surface area contributed by atoms with E-state index in [2.05, 4.69) is 19.2 Å². The molecular formula is C22H27NO5. The predicted octanol–water partition coefficient (Wildman–Crippen LogP) is 4.40. The molecule has 0 aromatic heterocycles. The van der Waals surface area contributed by atoms with Gasteiger partial charge in [0.05, 0.1) is 19.3 Å². The van der Waals surface area contributed by atoms with Gasteiger partial charge in [0.25, 0.3) is 5.91 Å². The van der Waals surface area contributed by atoms with Crippen molar-refractivity contribution in [1.82, 2.24) is 0 Å². The molecule has 28 heavy (non-hydrogen) atoms. The van der Waals surface area contributed by atoms with Crippen LogP contribution in [-0.4, -0.2) is 31.7 Å². The van der Waals surface area contributed by atoms with Gasteiger partial charge < -0.3 is 19.5 Å². The van der Waals surface area contributed by atoms with Crippen LogP contribution in [0.15, 0.2) is 42.5 Å². The van der Waals surface area contributed by atoms with E-state index in [9.17, 15) is 9.59 Å². The van der Waals surface area contributed by atoms with Gasteiger partial charge in [-0.25, -0.2) is 4.79 Å². The van der Waals surface area contributed by atoms with Crippen molar-refractivity contribution in [3.05, 3.63) is 53.6 Å². The minimum absolute atomic E-state index is 0.283. The average Bonchev–Trinajstić information content (AvgIpc) is 2.68. The van der Waals surface area contributed by atoms with Gasteiger partial charge in [0.1, 0.15) is 0 Å². The van der Waals surface area contributed by atoms with Gasteiger partial charge in [-0.15, -0.1) is 0 Å². The fourth-order valence-electron chi connectivity index (χ4n) is 2.55. The van der Waals surface area contributed by atoms with Crippen LogP contribution in [0.3, 0.4) is 0 Å². The van der Waals surface area contributed by atoms with Gasteiger partial charge in [-0.2, -0.15) is 0 Å². The Morgan fingerprint density at radius 1 is 1.00 bits per heavy atom. The lowest BCUT2D eigenvalue weighted by molar-refractivity contribution is -0.123. The fourth-order valence-corrected chi connectivity index (χ4v) is 2.55. The Morgan fingerprint density at radius 3 is 2.25 bits per heavy atom. The topological polar surface area (TPSA) is 73.9 Å². The molecule has 6 heteroatoms. The van der Waals surface area contributed by atoms with Crippen LogP contribution in [0.2, 0.25) is 0 Å². The summed E-state index contributed by atoms with van der Waals surface area (Å²) in [6.45, 7) is 8.01. The molecular weight excluding hydrogens is 358 g/mol. The Morgan fingerprint density at radius 2 is 1.68 bits per heavy atom. The number of esters is 1. The van der Waals surface area contributed by atoms with E-state index in [1.165, 1.54) is 19.6 Å². The SMILES string of the molecule is CCOc1cc(C(=O)OC(C)C(=O)Nc2ccc(C(C)C)cc2)ccc1OC. The van der Waals surface area contributed by atoms with Crippen LogP contribution in [0.5, 0.6) is 11.5 Å². The summed E-state index contributed by atoms with van der Waals surface area (Å²) in [7, 11) is 1.52. The summed E-state index contributed by atoms with van der Waals surface area (Å²) in [6.07, 6.45) is -0.949. The second-order valence-electron chi connectivity index (χ2n) is 6.61. The highest BCUT2D eigenvalue weighted by Gasteiger charge is 2.20. The van der Waals surface area contributed by atoms with E-state index in [0.29, 0.717) is 29.7 Å². The summed E-state index contributed by atoms with van der Waals surface area (Å²) in [5.74, 6) is 0.372. The summed E-state index contributed by atoms with van der Waals surface area (Å²) in [4.78, 5) is 24.7. The van der Waals surface area contributed by atoms with Crippen LogP contribution in [0.4, 0.5) is 5.69 Å². The normalized spacial score (nSPS) is 11.6. The van der Waals surface area contributed by atoms with Crippen LogP contribution < -0.4 is 14.8 Å². The molecule has 0 saturated carbocycles. The number of benzene rings is 2. The molecule has 0 aliphatic rings. The predicted molar refractivity (Wildman–Crippen MR) is 108 cm³/mol. The van der Waals surface area contributed by atoms with Crippen LogP contribution in [0.1, 0.15) is 49.5 Å². The van der Waals surface area contributed by atoms with Crippen LogP contribution >= 0.6 is 0 Å². The number of carbonyl (C=O) groups is 2. The first-order valence-corrected chi connectivity index (χ1v) is 9.28. The zero-order valence-electron chi connectivity index (χ0n) is 16.9. The van der Waals surface area contributed by atoms with Crippen molar-refractivity contribution in [3.8, 4) is 11.5 Å². The molecule has 0 aliphatic carbocycles. The van der Waals surface area contributed by atoms with Gasteiger partial charge in [0.15, 0.2) is 17.6 Å². The van der Waals surface area contributed by atoms with Gasteiger partial charge in [-0.05, 0) is 55.7 Å². The molecule has 0 bridgehead atoms. The van der Waals surface area contributed by atoms with Crippen molar-refractivity contribution in [3.63, 3.8) is 0 Å². The molecule has 0 fully saturated rings. The van der Waals surface area contributed by atoms with E-state index < -0.39 is 18.0 Å². The third-order valence-corrected chi connectivity index (χ3v) is 4.20. The standard InChI is InChI=1S/C22H27NO5/c1-6-27-20-13-17(9-12-19(20)26-5)22(25)28-15(4)21(24)23-18-10-7-16(8-11-18)14(2)3/h7-15H,6H2,1-5H3,(H,23,24). The molecule has 1 unspecified atom stereocenters. The summed E-state index contributed by atoms with van der Waals surface area (Å²) >= 11 is 0. The number of anilines is 1. The summed E-state index contributed by atoms with van der Waals surface area (Å²) in [5, 5.41) is 2.75. The minimum atomic E-state index is -0.949. The van der Waals surface area contributed by atoms with Gasteiger partial charge in [0, 0.05) is 5.69 Å². The number of nitrogens with one attached hydrogen (secondary N) is 1. The number of amides is 1. The van der Waals surface area contributed by atoms with Gasteiger partial charge in [-0.3, -0.25) is 4.79 Å². The van der Waals surface area contributed by atoms with Crippen molar-refractivity contribution in [1.29, 1.82) is 0 Å². The van der Waals surface area contributed by atoms with Crippen LogP contribution in [-0.2, 0) is 9.53 Å². The zero-order valence-corrected chi connectivity index (χ0v) is 16.9. The first kappa shape index (κ1) is 21.3. The number of hydrogen-bond acceptors (Lipinski definition) is 5. The van der Waals surface area contributed by atoms with E-state index in [1.54, 1.807) is 18.2 Å². The number of methoxy groups -OCH3 is 1. The molecule has 2 aromatic rings. The van der Waals surface area contributed by atoms with Crippen molar-refractivity contribution >= 4 is 17.6 Å². The van der Waals surface area contributed by atoms with E-state index >= 15 is 0 Å². The number of hydrogen-bond donors (Lipinski definition) is 1. The maximum atomic E-state index is 12.4. The second kappa shape index (κ2) is 9.78. The van der Waals surface area contributed by atoms with E-state index in [0.717, 1.165) is 0 Å². The zero-order chi connectivity index (χ0) is 20.7. The van der Waals surface area contributed by atoms with Crippen LogP contribution in [0, 0.1) is 0 Å². The van der Waals surface area contributed by atoms with Gasteiger partial charge in [0.2, 0.25) is 0 Å². The highest BCUT2D eigenvalue weighted by molar-refractivity contribution is 5.97. The van der Waals surface area contributed by atoms with Crippen molar-refractivity contribution in [2.24, 2.45) is 0 Å². The Kier molecular flexibility index (Phi) is 7.44. The number of ether oxygens (including phenoxy) is 3. The number of carbonyl (C=O) groups excluding carboxylic acids is 2. The summed E-state index contributed by atoms with van der Waals surface area (Å²) in [5.41, 5.74) is 2.12. The van der Waals surface area contributed by atoms with E-state index in [-0.39, 0.29) is 5.56 Å². The Labute approximate surface area is 165 Å². The number of rotatable bonds is 8. The molecule has 6 nitrogen and oxygen atoms in total. The summed E-state index contributed by atoms with van der Waals surface area (Å²) < 4.78 is 16.0. The van der Waals surface area contributed by atoms with Crippen molar-refractivity contribution < 1.29 is 23.8 Å². The fraction of sp³-hybridized carbons (Fsp3) is 0.364. The smallest absolute Gasteiger partial charge is 0.339 e. The molecule has 0 radical (unpaired) electrons. The first-order valence-electron chi connectivity index (χ1n) is 9.28. The lowest BCUT2D eigenvalue weighted by Crippen LogP contribution is -2.30. The maximum Gasteiger partial charge on any atom is 0.339 e. The highest BCUT2D eigenvalue weighted by atomic mass is 16.5. The van der Waals surface area contributed by atoms with Gasteiger partial charge >= 0.3 is 5.97 Å². The molecule has 0 saturated heterocycles. The third-order valence-electron chi connectivity index (χ3n) is 4.20. The van der Waals surface area contributed by atoms with Crippen LogP contribution in [0.25, 0.3) is 0 Å². The molecule has 1 atom stereocenters. The highest BCUT2D eigenvalue weighted by Crippen LogP contribution is 2.28. The quantitative estimate of drug-likeness (QED) is 0.682. The molecule has 1 N–H and O–H groups in total. The maximum absolute atomic E-state index is 12.4. The molecule has 0 spiro atoms. The molecule has 150 valence electrons. The Bertz CT molecular complexity index is 814. The van der Waals surface area contributed by atoms with E-state index in [1.807, 2.05) is 31.2 Å². The lowest BCUT2D eigenvalue weighted by atomic mass is 10.0. The summed E-state index contributed by atoms with van der Waals surface area (Å²) in [6, 6.07) is 12.3. The molecule has 2 rings (SSSR count). The minimum Gasteiger partial charge on any atom is -0.493 e. The largest absolute Gasteiger partial charge is 0.493 e. The molecule has 1 amide bonds. The molecule has 2 aromatic carbocycles. The van der Waals surface area contributed by atoms with Crippen molar-refractivity contribution in [2.75, 3.05) is 19.0 Å². The Hall–Kier alpha value is -3.02. The molecule has 0 aliphatic heterocycles. The first-order chi connectivity index (χ1) is 13.3. The average molecular weight is 385 g/mol. The lowest BCUT2D eigenvalue weighted by Gasteiger charge is -2.15. The van der Waals surface area contributed by atoms with Gasteiger partial charge in [-0.1, -0.05) is 26.0 Å². The monoisotopic (exact) mass is 385 g/mol.